The van der Waals surface area contributed by atoms with Gasteiger partial charge in [-0.05, 0) is 36.2 Å². The Morgan fingerprint density at radius 2 is 1.85 bits per heavy atom. The molecule has 7 heteroatoms. The van der Waals surface area contributed by atoms with Crippen LogP contribution in [0.25, 0.3) is 0 Å². The van der Waals surface area contributed by atoms with Crippen molar-refractivity contribution in [1.82, 2.24) is 0 Å². The van der Waals surface area contributed by atoms with Gasteiger partial charge in [0.05, 0.1) is 5.75 Å². The number of benzene rings is 2. The van der Waals surface area contributed by atoms with Gasteiger partial charge in [-0.2, -0.15) is 0 Å². The molecule has 1 aliphatic carbocycles. The van der Waals surface area contributed by atoms with Crippen molar-refractivity contribution in [2.75, 3.05) is 11.1 Å². The minimum absolute atomic E-state index is 0.00848. The second-order valence-corrected chi connectivity index (χ2v) is 7.15. The molecule has 2 unspecified atom stereocenters. The Morgan fingerprint density at radius 1 is 1.15 bits per heavy atom. The van der Waals surface area contributed by atoms with E-state index >= 15 is 0 Å². The van der Waals surface area contributed by atoms with E-state index in [0.29, 0.717) is 17.9 Å². The van der Waals surface area contributed by atoms with Gasteiger partial charge in [0.2, 0.25) is 5.91 Å². The van der Waals surface area contributed by atoms with Crippen LogP contribution in [-0.4, -0.2) is 22.7 Å². The van der Waals surface area contributed by atoms with Crippen LogP contribution in [-0.2, 0) is 15.3 Å². The first-order valence-corrected chi connectivity index (χ1v) is 9.24. The molecule has 136 valence electrons. The number of carboxylic acid groups (broad SMARTS) is 1. The summed E-state index contributed by atoms with van der Waals surface area (Å²) in [6.45, 7) is 0. The second-order valence-electron chi connectivity index (χ2n) is 6.16. The van der Waals surface area contributed by atoms with Crippen LogP contribution in [0, 0.1) is 17.6 Å². The van der Waals surface area contributed by atoms with Gasteiger partial charge >= 0.3 is 5.97 Å². The SMILES string of the molecule is O=C(O)CSCc1cccc(NC(=O)C2CC2c2c(F)cccc2F)c1. The van der Waals surface area contributed by atoms with Crippen molar-refractivity contribution < 1.29 is 23.5 Å². The molecule has 1 fully saturated rings. The molecule has 0 bridgehead atoms. The predicted octanol–water partition coefficient (Wildman–Crippen LogP) is 4.02. The maximum Gasteiger partial charge on any atom is 0.313 e. The quantitative estimate of drug-likeness (QED) is 0.765. The molecule has 0 aromatic heterocycles. The number of halogens is 2. The Balaban J connectivity index is 1.60. The second kappa shape index (κ2) is 7.86. The number of hydrogen-bond acceptors (Lipinski definition) is 3. The molecule has 0 saturated heterocycles. The van der Waals surface area contributed by atoms with E-state index in [4.69, 9.17) is 5.11 Å². The summed E-state index contributed by atoms with van der Waals surface area (Å²) in [7, 11) is 0. The van der Waals surface area contributed by atoms with Crippen LogP contribution in [0.3, 0.4) is 0 Å². The number of carboxylic acids is 1. The molecule has 1 aliphatic rings. The maximum atomic E-state index is 13.8. The van der Waals surface area contributed by atoms with E-state index in [1.54, 1.807) is 18.2 Å². The van der Waals surface area contributed by atoms with Crippen molar-refractivity contribution in [3.8, 4) is 0 Å². The van der Waals surface area contributed by atoms with Gasteiger partial charge in [0.1, 0.15) is 11.6 Å². The molecule has 2 N–H and O–H groups in total. The molecule has 0 radical (unpaired) electrons. The van der Waals surface area contributed by atoms with Crippen molar-refractivity contribution in [2.45, 2.75) is 18.1 Å². The van der Waals surface area contributed by atoms with E-state index in [2.05, 4.69) is 5.32 Å². The van der Waals surface area contributed by atoms with Crippen molar-refractivity contribution in [2.24, 2.45) is 5.92 Å². The van der Waals surface area contributed by atoms with Crippen LogP contribution in [0.4, 0.5) is 14.5 Å². The Labute approximate surface area is 153 Å². The highest BCUT2D eigenvalue weighted by Gasteiger charge is 2.46. The fourth-order valence-electron chi connectivity index (χ4n) is 2.90. The molecule has 2 aromatic rings. The highest BCUT2D eigenvalue weighted by Crippen LogP contribution is 2.49. The molecular weight excluding hydrogens is 360 g/mol. The normalized spacial score (nSPS) is 18.4. The van der Waals surface area contributed by atoms with Gasteiger partial charge < -0.3 is 10.4 Å². The maximum absolute atomic E-state index is 13.8. The number of thioether (sulfide) groups is 1. The van der Waals surface area contributed by atoms with Crippen LogP contribution in [0.15, 0.2) is 42.5 Å². The molecule has 1 amide bonds. The Morgan fingerprint density at radius 3 is 2.54 bits per heavy atom. The van der Waals surface area contributed by atoms with E-state index in [-0.39, 0.29) is 17.2 Å². The number of amides is 1. The number of aliphatic carboxylic acids is 1. The molecule has 2 aromatic carbocycles. The van der Waals surface area contributed by atoms with Gasteiger partial charge in [0.15, 0.2) is 0 Å². The minimum Gasteiger partial charge on any atom is -0.481 e. The summed E-state index contributed by atoms with van der Waals surface area (Å²) < 4.78 is 27.6. The zero-order chi connectivity index (χ0) is 18.7. The monoisotopic (exact) mass is 377 g/mol. The van der Waals surface area contributed by atoms with Crippen LogP contribution in [0.5, 0.6) is 0 Å². The van der Waals surface area contributed by atoms with Gasteiger partial charge in [0.25, 0.3) is 0 Å². The Hall–Kier alpha value is -2.41. The number of carbonyl (C=O) groups excluding carboxylic acids is 1. The van der Waals surface area contributed by atoms with Crippen LogP contribution in [0.1, 0.15) is 23.5 Å². The van der Waals surface area contributed by atoms with E-state index in [1.165, 1.54) is 30.0 Å². The lowest BCUT2D eigenvalue weighted by atomic mass is 10.1. The highest BCUT2D eigenvalue weighted by atomic mass is 32.2. The molecule has 0 aliphatic heterocycles. The fraction of sp³-hybridized carbons (Fsp3) is 0.263. The number of hydrogen-bond donors (Lipinski definition) is 2. The summed E-state index contributed by atoms with van der Waals surface area (Å²) in [4.78, 5) is 22.9. The minimum atomic E-state index is -0.875. The molecule has 0 spiro atoms. The van der Waals surface area contributed by atoms with Crippen molar-refractivity contribution in [3.63, 3.8) is 0 Å². The Kier molecular flexibility index (Phi) is 5.56. The van der Waals surface area contributed by atoms with E-state index < -0.39 is 29.4 Å². The summed E-state index contributed by atoms with van der Waals surface area (Å²) >= 11 is 1.27. The molecule has 0 heterocycles. The first-order valence-electron chi connectivity index (χ1n) is 8.09. The van der Waals surface area contributed by atoms with Crippen LogP contribution < -0.4 is 5.32 Å². The molecule has 3 rings (SSSR count). The first kappa shape index (κ1) is 18.4. The summed E-state index contributed by atoms with van der Waals surface area (Å²) in [5, 5.41) is 11.4. The molecule has 26 heavy (non-hydrogen) atoms. The molecule has 1 saturated carbocycles. The number of rotatable bonds is 7. The fourth-order valence-corrected chi connectivity index (χ4v) is 3.59. The number of carbonyl (C=O) groups is 2. The average molecular weight is 377 g/mol. The lowest BCUT2D eigenvalue weighted by Gasteiger charge is -2.08. The third-order valence-electron chi connectivity index (χ3n) is 4.19. The van der Waals surface area contributed by atoms with Gasteiger partial charge in [-0.1, -0.05) is 18.2 Å². The van der Waals surface area contributed by atoms with Gasteiger partial charge in [-0.15, -0.1) is 11.8 Å². The third-order valence-corrected chi connectivity index (χ3v) is 5.18. The lowest BCUT2D eigenvalue weighted by molar-refractivity contribution is -0.133. The van der Waals surface area contributed by atoms with Crippen LogP contribution >= 0.6 is 11.8 Å². The summed E-state index contributed by atoms with van der Waals surface area (Å²) in [6, 6.07) is 10.8. The third kappa shape index (κ3) is 4.40. The average Bonchev–Trinajstić information content (AvgIpc) is 3.35. The van der Waals surface area contributed by atoms with Crippen molar-refractivity contribution in [1.29, 1.82) is 0 Å². The number of anilines is 1. The van der Waals surface area contributed by atoms with Gasteiger partial charge in [-0.3, -0.25) is 9.59 Å². The molecule has 4 nitrogen and oxygen atoms in total. The molecular formula is C19H17F2NO3S. The van der Waals surface area contributed by atoms with Gasteiger partial charge in [0, 0.05) is 28.8 Å². The first-order chi connectivity index (χ1) is 12.5. The van der Waals surface area contributed by atoms with Crippen molar-refractivity contribution >= 4 is 29.3 Å². The van der Waals surface area contributed by atoms with E-state index in [9.17, 15) is 18.4 Å². The van der Waals surface area contributed by atoms with E-state index in [0.717, 1.165) is 5.56 Å². The van der Waals surface area contributed by atoms with Crippen LogP contribution in [0.2, 0.25) is 0 Å². The standard InChI is InChI=1S/C19H17F2NO3S/c20-15-5-2-6-16(21)18(15)13-8-14(13)19(25)22-12-4-1-3-11(7-12)9-26-10-17(23)24/h1-7,13-14H,8-10H2,(H,22,25)(H,23,24). The number of nitrogens with one attached hydrogen (secondary N) is 1. The largest absolute Gasteiger partial charge is 0.481 e. The summed E-state index contributed by atoms with van der Waals surface area (Å²) in [5.74, 6) is -2.76. The molecule has 2 atom stereocenters. The summed E-state index contributed by atoms with van der Waals surface area (Å²) in [6.07, 6.45) is 0.415. The zero-order valence-electron chi connectivity index (χ0n) is 13.7. The predicted molar refractivity (Wildman–Crippen MR) is 96.1 cm³/mol. The van der Waals surface area contributed by atoms with Crippen molar-refractivity contribution in [3.05, 3.63) is 65.2 Å². The topological polar surface area (TPSA) is 66.4 Å². The zero-order valence-corrected chi connectivity index (χ0v) is 14.6. The van der Waals surface area contributed by atoms with Gasteiger partial charge in [-0.25, -0.2) is 8.78 Å². The summed E-state index contributed by atoms with van der Waals surface area (Å²) in [5.41, 5.74) is 1.45. The van der Waals surface area contributed by atoms with E-state index in [1.807, 2.05) is 6.07 Å². The smallest absolute Gasteiger partial charge is 0.313 e. The highest BCUT2D eigenvalue weighted by molar-refractivity contribution is 7.99. The lowest BCUT2D eigenvalue weighted by Crippen LogP contribution is -2.15. The Bertz CT molecular complexity index is 823.